The number of carbonyl (C=O) groups is 1. The van der Waals surface area contributed by atoms with E-state index in [9.17, 15) is 9.59 Å². The standard InChI is InChI=1S/C20H28N4O4/c1-27-16-5-3-4-15(12-16)23(19(26)13-21)10-11-24-18(25)9-7-14-6-8-17(28-2)22-20(14)24/h6-9,15-16H,3-5,10-13,21H2,1-2H3/t15?,16-/m1/s1. The van der Waals surface area contributed by atoms with Gasteiger partial charge in [0, 0.05) is 43.8 Å². The Hall–Kier alpha value is -2.45. The number of nitrogens with zero attached hydrogens (tertiary/aromatic N) is 3. The molecule has 8 heteroatoms. The summed E-state index contributed by atoms with van der Waals surface area (Å²) in [6, 6.07) is 6.96. The Kier molecular flexibility index (Phi) is 6.64. The first kappa shape index (κ1) is 20.3. The lowest BCUT2D eigenvalue weighted by Gasteiger charge is -2.37. The van der Waals surface area contributed by atoms with E-state index in [4.69, 9.17) is 15.2 Å². The number of hydrogen-bond donors (Lipinski definition) is 1. The average molecular weight is 388 g/mol. The number of pyridine rings is 2. The minimum absolute atomic E-state index is 0.0509. The highest BCUT2D eigenvalue weighted by atomic mass is 16.5. The quantitative estimate of drug-likeness (QED) is 0.764. The zero-order valence-electron chi connectivity index (χ0n) is 16.5. The molecule has 0 aliphatic heterocycles. The van der Waals surface area contributed by atoms with Gasteiger partial charge in [0.15, 0.2) is 0 Å². The fourth-order valence-corrected chi connectivity index (χ4v) is 3.93. The molecule has 1 unspecified atom stereocenters. The van der Waals surface area contributed by atoms with E-state index in [0.29, 0.717) is 24.6 Å². The minimum atomic E-state index is -0.160. The molecule has 2 atom stereocenters. The minimum Gasteiger partial charge on any atom is -0.481 e. The van der Waals surface area contributed by atoms with Crippen molar-refractivity contribution in [3.63, 3.8) is 0 Å². The third-order valence-electron chi connectivity index (χ3n) is 5.45. The second-order valence-corrected chi connectivity index (χ2v) is 7.06. The first-order valence-corrected chi connectivity index (χ1v) is 9.64. The molecule has 0 aromatic carbocycles. The van der Waals surface area contributed by atoms with E-state index in [-0.39, 0.29) is 30.2 Å². The van der Waals surface area contributed by atoms with Gasteiger partial charge < -0.3 is 20.1 Å². The van der Waals surface area contributed by atoms with Gasteiger partial charge in [-0.15, -0.1) is 0 Å². The Morgan fingerprint density at radius 2 is 2.07 bits per heavy atom. The van der Waals surface area contributed by atoms with Gasteiger partial charge in [-0.3, -0.25) is 14.2 Å². The molecular weight excluding hydrogens is 360 g/mol. The Balaban J connectivity index is 1.86. The number of nitrogens with two attached hydrogens (primary N) is 1. The molecule has 2 N–H and O–H groups in total. The monoisotopic (exact) mass is 388 g/mol. The smallest absolute Gasteiger partial charge is 0.252 e. The molecule has 2 aromatic rings. The Morgan fingerprint density at radius 1 is 1.29 bits per heavy atom. The molecule has 0 saturated heterocycles. The topological polar surface area (TPSA) is 99.7 Å². The number of amides is 1. The maximum Gasteiger partial charge on any atom is 0.252 e. The van der Waals surface area contributed by atoms with Crippen LogP contribution < -0.4 is 16.0 Å². The average Bonchev–Trinajstić information content (AvgIpc) is 2.74. The largest absolute Gasteiger partial charge is 0.481 e. The van der Waals surface area contributed by atoms with E-state index in [0.717, 1.165) is 31.1 Å². The molecule has 2 aromatic heterocycles. The number of ether oxygens (including phenoxy) is 2. The predicted octanol–water partition coefficient (Wildman–Crippen LogP) is 1.15. The zero-order chi connectivity index (χ0) is 20.1. The van der Waals surface area contributed by atoms with E-state index in [1.54, 1.807) is 28.7 Å². The van der Waals surface area contributed by atoms with Crippen LogP contribution in [0.4, 0.5) is 0 Å². The highest BCUT2D eigenvalue weighted by molar-refractivity contribution is 5.78. The van der Waals surface area contributed by atoms with Crippen LogP contribution in [0.1, 0.15) is 25.7 Å². The molecule has 1 aliphatic rings. The lowest BCUT2D eigenvalue weighted by Crippen LogP contribution is -2.48. The van der Waals surface area contributed by atoms with Gasteiger partial charge in [0.25, 0.3) is 5.56 Å². The summed E-state index contributed by atoms with van der Waals surface area (Å²) in [4.78, 5) is 31.2. The van der Waals surface area contributed by atoms with Crippen molar-refractivity contribution in [2.24, 2.45) is 5.73 Å². The summed E-state index contributed by atoms with van der Waals surface area (Å²) >= 11 is 0. The van der Waals surface area contributed by atoms with Crippen molar-refractivity contribution in [2.45, 2.75) is 44.4 Å². The van der Waals surface area contributed by atoms with Gasteiger partial charge >= 0.3 is 0 Å². The predicted molar refractivity (Wildman–Crippen MR) is 106 cm³/mol. The highest BCUT2D eigenvalue weighted by Crippen LogP contribution is 2.25. The molecule has 1 aliphatic carbocycles. The summed E-state index contributed by atoms with van der Waals surface area (Å²) in [5.41, 5.74) is 6.04. The third kappa shape index (κ3) is 4.34. The molecule has 1 amide bonds. The van der Waals surface area contributed by atoms with Gasteiger partial charge in [0.05, 0.1) is 19.8 Å². The van der Waals surface area contributed by atoms with Crippen LogP contribution in [0.5, 0.6) is 5.88 Å². The highest BCUT2D eigenvalue weighted by Gasteiger charge is 2.29. The van der Waals surface area contributed by atoms with Crippen molar-refractivity contribution >= 4 is 16.9 Å². The number of carbonyl (C=O) groups excluding carboxylic acids is 1. The van der Waals surface area contributed by atoms with Gasteiger partial charge in [-0.25, -0.2) is 0 Å². The van der Waals surface area contributed by atoms with E-state index in [1.165, 1.54) is 13.2 Å². The van der Waals surface area contributed by atoms with E-state index < -0.39 is 0 Å². The second-order valence-electron chi connectivity index (χ2n) is 7.06. The second kappa shape index (κ2) is 9.16. The summed E-state index contributed by atoms with van der Waals surface area (Å²) in [7, 11) is 3.24. The maximum atomic E-state index is 12.5. The number of aromatic nitrogens is 2. The van der Waals surface area contributed by atoms with Gasteiger partial charge in [-0.05, 0) is 37.8 Å². The zero-order valence-corrected chi connectivity index (χ0v) is 16.5. The molecule has 0 spiro atoms. The van der Waals surface area contributed by atoms with Crippen molar-refractivity contribution in [1.82, 2.24) is 14.5 Å². The number of hydrogen-bond acceptors (Lipinski definition) is 6. The Labute approximate surface area is 164 Å². The van der Waals surface area contributed by atoms with Gasteiger partial charge in [0.1, 0.15) is 5.65 Å². The summed E-state index contributed by atoms with van der Waals surface area (Å²) in [5.74, 6) is 0.331. The molecule has 3 rings (SSSR count). The van der Waals surface area contributed by atoms with Crippen LogP contribution in [-0.2, 0) is 16.1 Å². The molecule has 8 nitrogen and oxygen atoms in total. The fraction of sp³-hybridized carbons (Fsp3) is 0.550. The van der Waals surface area contributed by atoms with Crippen molar-refractivity contribution in [3.05, 3.63) is 34.6 Å². The third-order valence-corrected chi connectivity index (χ3v) is 5.45. The van der Waals surface area contributed by atoms with E-state index in [2.05, 4.69) is 4.98 Å². The number of fused-ring (bicyclic) bond motifs is 1. The summed E-state index contributed by atoms with van der Waals surface area (Å²) < 4.78 is 12.3. The van der Waals surface area contributed by atoms with Crippen LogP contribution in [0.25, 0.3) is 11.0 Å². The van der Waals surface area contributed by atoms with E-state index in [1.807, 2.05) is 6.07 Å². The lowest BCUT2D eigenvalue weighted by molar-refractivity contribution is -0.133. The molecule has 0 bridgehead atoms. The molecule has 0 radical (unpaired) electrons. The van der Waals surface area contributed by atoms with Crippen molar-refractivity contribution in [1.29, 1.82) is 0 Å². The first-order valence-electron chi connectivity index (χ1n) is 9.64. The molecule has 2 heterocycles. The normalized spacial score (nSPS) is 19.5. The summed E-state index contributed by atoms with van der Waals surface area (Å²) in [5, 5.41) is 0.842. The van der Waals surface area contributed by atoms with Crippen LogP contribution in [0.2, 0.25) is 0 Å². The molecule has 1 fully saturated rings. The number of rotatable bonds is 7. The Morgan fingerprint density at radius 3 is 2.79 bits per heavy atom. The van der Waals surface area contributed by atoms with Gasteiger partial charge in [-0.1, -0.05) is 0 Å². The van der Waals surface area contributed by atoms with Gasteiger partial charge in [-0.2, -0.15) is 4.98 Å². The van der Waals surface area contributed by atoms with Crippen LogP contribution in [0.15, 0.2) is 29.1 Å². The van der Waals surface area contributed by atoms with Crippen molar-refractivity contribution in [2.75, 3.05) is 27.3 Å². The molecular formula is C20H28N4O4. The van der Waals surface area contributed by atoms with Crippen LogP contribution >= 0.6 is 0 Å². The van der Waals surface area contributed by atoms with E-state index >= 15 is 0 Å². The van der Waals surface area contributed by atoms with Crippen molar-refractivity contribution in [3.8, 4) is 5.88 Å². The number of methoxy groups -OCH3 is 2. The maximum absolute atomic E-state index is 12.5. The summed E-state index contributed by atoms with van der Waals surface area (Å²) in [6.45, 7) is 0.690. The lowest BCUT2D eigenvalue weighted by atomic mass is 9.91. The molecule has 28 heavy (non-hydrogen) atoms. The molecule has 152 valence electrons. The summed E-state index contributed by atoms with van der Waals surface area (Å²) in [6.07, 6.45) is 3.87. The van der Waals surface area contributed by atoms with Gasteiger partial charge in [0.2, 0.25) is 11.8 Å². The first-order chi connectivity index (χ1) is 13.6. The van der Waals surface area contributed by atoms with Crippen LogP contribution in [0.3, 0.4) is 0 Å². The van der Waals surface area contributed by atoms with Crippen LogP contribution in [0, 0.1) is 0 Å². The SMILES string of the molecule is COc1ccc2ccc(=O)n(CCN(C(=O)CN)C3CCC[C@@H](OC)C3)c2n1. The molecule has 1 saturated carbocycles. The van der Waals surface area contributed by atoms with Crippen molar-refractivity contribution < 1.29 is 14.3 Å². The van der Waals surface area contributed by atoms with Crippen LogP contribution in [-0.4, -0.2) is 59.8 Å². The Bertz CT molecular complexity index is 882. The fourth-order valence-electron chi connectivity index (χ4n) is 3.93.